The van der Waals surface area contributed by atoms with E-state index in [4.69, 9.17) is 0 Å². The molecule has 0 atom stereocenters. The van der Waals surface area contributed by atoms with E-state index in [-0.39, 0.29) is 44.4 Å². The predicted octanol–water partition coefficient (Wildman–Crippen LogP) is 0.296. The lowest BCUT2D eigenvalue weighted by Gasteiger charge is -2.46. The molecule has 11 aromatic rings. The number of aromatic nitrogens is 2. The van der Waals surface area contributed by atoms with Crippen LogP contribution in [-0.4, -0.2) is 42.7 Å². The normalized spacial score (nSPS) is 14.3. The van der Waals surface area contributed by atoms with Crippen molar-refractivity contribution in [1.29, 1.82) is 0 Å². The Morgan fingerprint density at radius 2 is 0.623 bits per heavy atom. The molecule has 0 amide bonds. The van der Waals surface area contributed by atoms with Crippen molar-refractivity contribution in [3.8, 4) is 11.4 Å². The zero-order valence-electron chi connectivity index (χ0n) is 38.5. The molecule has 4 nitrogen and oxygen atoms in total. The van der Waals surface area contributed by atoms with Crippen LogP contribution in [0.1, 0.15) is 22.3 Å². The molecule has 17 rings (SSSR count). The number of rotatable bonds is 2. The summed E-state index contributed by atoms with van der Waals surface area (Å²) in [6, 6.07) is 56.1. The SMILES string of the molecule is Cc1cccc(C)c1B1c2ccccc2B2c3cc4c5c6c3-n3c7c(cccc7c(=O)c7ccc1c2c73)B6c1cccc2c(=O)c3ccc6c(c3n-5c12)B4c1ccccc1B6c1c(C)cccc1C. The zero-order valence-corrected chi connectivity index (χ0v) is 38.5. The fraction of sp³-hybridized carbons (Fsp3) is 0.0667. The van der Waals surface area contributed by atoms with E-state index in [9.17, 15) is 0 Å². The molecule has 0 N–H and O–H groups in total. The largest absolute Gasteiger partial charge is 0.311 e. The first-order valence-corrected chi connectivity index (χ1v) is 24.6. The number of aryl methyl sites for hydroxylation is 4. The van der Waals surface area contributed by atoms with E-state index in [2.05, 4.69) is 176 Å². The van der Waals surface area contributed by atoms with Gasteiger partial charge in [0.15, 0.2) is 10.9 Å². The fourth-order valence-corrected chi connectivity index (χ4v) is 15.6. The van der Waals surface area contributed by atoms with Crippen molar-refractivity contribution in [2.24, 2.45) is 0 Å². The summed E-state index contributed by atoms with van der Waals surface area (Å²) in [6.45, 7) is 8.57. The van der Waals surface area contributed by atoms with Crippen molar-refractivity contribution in [2.45, 2.75) is 27.7 Å². The number of hydrogen-bond donors (Lipinski definition) is 0. The third kappa shape index (κ3) is 4.06. The molecule has 0 unspecified atom stereocenters. The van der Waals surface area contributed by atoms with Crippen LogP contribution in [0.25, 0.3) is 55.0 Å². The van der Waals surface area contributed by atoms with Gasteiger partial charge in [0.1, 0.15) is 0 Å². The molecular weight excluding hydrogens is 835 g/mol. The first kappa shape index (κ1) is 37.3. The molecule has 0 fully saturated rings. The van der Waals surface area contributed by atoms with Crippen molar-refractivity contribution < 1.29 is 0 Å². The van der Waals surface area contributed by atoms with Gasteiger partial charge in [-0.15, -0.1) is 0 Å². The topological polar surface area (TPSA) is 44.0 Å². The molecule has 9 heteroatoms. The van der Waals surface area contributed by atoms with Crippen molar-refractivity contribution >= 4 is 159 Å². The molecule has 0 aliphatic carbocycles. The molecule has 8 heterocycles. The fourth-order valence-electron chi connectivity index (χ4n) is 15.6. The standard InChI is InChI=1S/C60H37B5N2O2/c1-30-13-9-14-31(2)48(30)61-38-19-5-7-21-40(38)63-46-29-47-58-52-57(46)66-53-34(59(68)36-25-27-42(61)50(63)55(36)66)17-11-23-44(53)65(52)45-24-12-18-35-54(45)67(58)56-37(60(35)69)26-28-43-51(56)64(47)41-22-8-6-20-39(41)62(43)49-32(3)15-10-16-33(49)4/h5-29H,1-4H3. The summed E-state index contributed by atoms with van der Waals surface area (Å²) >= 11 is 0. The molecular formula is C60H37B5N2O2. The maximum absolute atomic E-state index is 15.3. The highest BCUT2D eigenvalue weighted by atomic mass is 16.1. The molecule has 0 saturated heterocycles. The quantitative estimate of drug-likeness (QED) is 0.186. The van der Waals surface area contributed by atoms with E-state index in [1.54, 1.807) is 0 Å². The maximum atomic E-state index is 15.3. The first-order valence-electron chi connectivity index (χ1n) is 24.6. The molecule has 314 valence electrons. The van der Waals surface area contributed by atoms with Crippen molar-refractivity contribution in [3.63, 3.8) is 0 Å². The maximum Gasteiger partial charge on any atom is 0.252 e. The summed E-state index contributed by atoms with van der Waals surface area (Å²) in [7, 11) is 0. The lowest BCUT2D eigenvalue weighted by atomic mass is 9.18. The Morgan fingerprint density at radius 3 is 1.03 bits per heavy atom. The molecule has 2 aromatic heterocycles. The van der Waals surface area contributed by atoms with Crippen molar-refractivity contribution in [3.05, 3.63) is 194 Å². The van der Waals surface area contributed by atoms with E-state index in [0.717, 1.165) is 54.5 Å². The van der Waals surface area contributed by atoms with Gasteiger partial charge in [-0.2, -0.15) is 0 Å². The summed E-state index contributed by atoms with van der Waals surface area (Å²) in [5.41, 5.74) is 30.9. The van der Waals surface area contributed by atoms with E-state index in [1.165, 1.54) is 105 Å². The summed E-state index contributed by atoms with van der Waals surface area (Å²) in [6.07, 6.45) is 0. The Kier molecular flexibility index (Phi) is 6.63. The highest BCUT2D eigenvalue weighted by molar-refractivity contribution is 7.15. The minimum absolute atomic E-state index is 0.00291. The number of para-hydroxylation sites is 2. The second-order valence-corrected chi connectivity index (χ2v) is 20.9. The van der Waals surface area contributed by atoms with Crippen molar-refractivity contribution in [1.82, 2.24) is 9.13 Å². The van der Waals surface area contributed by atoms with Crippen LogP contribution >= 0.6 is 0 Å². The Balaban J connectivity index is 1.11. The van der Waals surface area contributed by atoms with Crippen LogP contribution in [0.4, 0.5) is 0 Å². The summed E-state index contributed by atoms with van der Waals surface area (Å²) in [5, 5.41) is 3.04. The van der Waals surface area contributed by atoms with Gasteiger partial charge in [-0.3, -0.25) is 9.59 Å². The number of nitrogens with zero attached hydrogens (tertiary/aromatic N) is 2. The molecule has 6 aliphatic heterocycles. The molecule has 0 bridgehead atoms. The number of pyridine rings is 2. The van der Waals surface area contributed by atoms with E-state index < -0.39 is 0 Å². The van der Waals surface area contributed by atoms with Gasteiger partial charge in [-0.25, -0.2) is 0 Å². The Hall–Kier alpha value is -7.76. The number of hydrogen-bond acceptors (Lipinski definition) is 2. The van der Waals surface area contributed by atoms with Gasteiger partial charge in [0.25, 0.3) is 6.71 Å². The van der Waals surface area contributed by atoms with Gasteiger partial charge in [0.05, 0.1) is 22.1 Å². The summed E-state index contributed by atoms with van der Waals surface area (Å²) < 4.78 is 5.10. The molecule has 0 saturated carbocycles. The highest BCUT2D eigenvalue weighted by Gasteiger charge is 2.53. The van der Waals surface area contributed by atoms with Gasteiger partial charge < -0.3 is 9.13 Å². The van der Waals surface area contributed by atoms with Crippen LogP contribution in [0.5, 0.6) is 0 Å². The van der Waals surface area contributed by atoms with Gasteiger partial charge in [0.2, 0.25) is 26.9 Å². The molecule has 9 aromatic carbocycles. The van der Waals surface area contributed by atoms with Gasteiger partial charge in [-0.1, -0.05) is 193 Å². The lowest BCUT2D eigenvalue weighted by molar-refractivity contribution is 1.14. The van der Waals surface area contributed by atoms with Crippen LogP contribution in [0.2, 0.25) is 0 Å². The van der Waals surface area contributed by atoms with Gasteiger partial charge in [0, 0.05) is 32.9 Å². The monoisotopic (exact) mass is 872 g/mol. The Labute approximate surface area is 399 Å². The van der Waals surface area contributed by atoms with Crippen LogP contribution in [0.3, 0.4) is 0 Å². The molecule has 0 radical (unpaired) electrons. The van der Waals surface area contributed by atoms with Crippen LogP contribution in [0.15, 0.2) is 161 Å². The third-order valence-electron chi connectivity index (χ3n) is 18.0. The van der Waals surface area contributed by atoms with Crippen molar-refractivity contribution in [2.75, 3.05) is 0 Å². The smallest absolute Gasteiger partial charge is 0.252 e. The molecule has 69 heavy (non-hydrogen) atoms. The van der Waals surface area contributed by atoms with Gasteiger partial charge >= 0.3 is 0 Å². The number of benzene rings is 9. The van der Waals surface area contributed by atoms with Crippen LogP contribution in [0, 0.1) is 27.7 Å². The molecule has 6 aliphatic rings. The second-order valence-electron chi connectivity index (χ2n) is 20.9. The summed E-state index contributed by atoms with van der Waals surface area (Å²) in [4.78, 5) is 30.6. The van der Waals surface area contributed by atoms with E-state index in [1.807, 2.05) is 12.1 Å². The average Bonchev–Trinajstić information content (AvgIpc) is 3.37. The zero-order chi connectivity index (χ0) is 45.6. The van der Waals surface area contributed by atoms with Crippen LogP contribution in [-0.2, 0) is 0 Å². The number of fused-ring (bicyclic) bond motifs is 8. The third-order valence-corrected chi connectivity index (χ3v) is 18.0. The van der Waals surface area contributed by atoms with E-state index in [0.29, 0.717) is 0 Å². The Bertz CT molecular complexity index is 4210. The van der Waals surface area contributed by atoms with Crippen LogP contribution < -0.4 is 92.8 Å². The molecule has 0 spiro atoms. The highest BCUT2D eigenvalue weighted by Crippen LogP contribution is 2.35. The van der Waals surface area contributed by atoms with E-state index >= 15 is 9.59 Å². The minimum Gasteiger partial charge on any atom is -0.311 e. The van der Waals surface area contributed by atoms with Gasteiger partial charge in [-0.05, 0) is 90.2 Å². The minimum atomic E-state index is -0.202. The first-order chi connectivity index (χ1) is 33.8. The average molecular weight is 872 g/mol. The second kappa shape index (κ2) is 12.3. The Morgan fingerprint density at radius 1 is 0.290 bits per heavy atom. The lowest BCUT2D eigenvalue weighted by Crippen LogP contribution is -2.80. The summed E-state index contributed by atoms with van der Waals surface area (Å²) in [5.74, 6) is 0. The predicted molar refractivity (Wildman–Crippen MR) is 296 cm³/mol.